The lowest BCUT2D eigenvalue weighted by molar-refractivity contribution is 0.0505. The van der Waals surface area contributed by atoms with Gasteiger partial charge in [0.1, 0.15) is 0 Å². The summed E-state index contributed by atoms with van der Waals surface area (Å²) in [5, 5.41) is 0. The Morgan fingerprint density at radius 2 is 1.46 bits per heavy atom. The van der Waals surface area contributed by atoms with E-state index in [-0.39, 0.29) is 17.9 Å². The Hall–Kier alpha value is -1.72. The Morgan fingerprint density at radius 1 is 0.917 bits per heavy atom. The quantitative estimate of drug-likeness (QED) is 0.776. The lowest BCUT2D eigenvalue weighted by Gasteiger charge is -2.37. The van der Waals surface area contributed by atoms with E-state index in [9.17, 15) is 9.59 Å². The highest BCUT2D eigenvalue weighted by molar-refractivity contribution is 6.21. The first-order valence-corrected chi connectivity index (χ1v) is 8.81. The van der Waals surface area contributed by atoms with Crippen molar-refractivity contribution in [2.24, 2.45) is 0 Å². The van der Waals surface area contributed by atoms with Crippen LogP contribution >= 0.6 is 0 Å². The highest BCUT2D eigenvalue weighted by atomic mass is 16.2. The molecule has 130 valence electrons. The van der Waals surface area contributed by atoms with E-state index in [1.807, 2.05) is 12.1 Å². The van der Waals surface area contributed by atoms with Crippen LogP contribution in [0.15, 0.2) is 24.3 Å². The minimum absolute atomic E-state index is 0.0518. The van der Waals surface area contributed by atoms with Gasteiger partial charge in [0.05, 0.1) is 11.1 Å². The molecule has 24 heavy (non-hydrogen) atoms. The number of hydrogen-bond donors (Lipinski definition) is 0. The van der Waals surface area contributed by atoms with Crippen LogP contribution in [-0.4, -0.2) is 72.8 Å². The van der Waals surface area contributed by atoms with Gasteiger partial charge in [-0.1, -0.05) is 12.1 Å². The standard InChI is InChI=1S/C19H27N3O2/c1-20(2)12-13-21(3)14-8-10-15(11-9-14)22-18(23)16-6-4-5-7-17(16)19(22)24/h4-7,14-15H,8-13H2,1-3H3/t14-,15-. The molecule has 0 radical (unpaired) electrons. The molecule has 1 heterocycles. The van der Waals surface area contributed by atoms with E-state index in [4.69, 9.17) is 0 Å². The van der Waals surface area contributed by atoms with Gasteiger partial charge in [0.25, 0.3) is 11.8 Å². The minimum Gasteiger partial charge on any atom is -0.308 e. The van der Waals surface area contributed by atoms with E-state index in [1.54, 1.807) is 12.1 Å². The number of amides is 2. The number of carbonyl (C=O) groups excluding carboxylic acids is 2. The van der Waals surface area contributed by atoms with Gasteiger partial charge in [-0.25, -0.2) is 0 Å². The number of carbonyl (C=O) groups is 2. The van der Waals surface area contributed by atoms with E-state index in [2.05, 4.69) is 30.9 Å². The van der Waals surface area contributed by atoms with Crippen molar-refractivity contribution in [1.29, 1.82) is 0 Å². The Kier molecular flexibility index (Phi) is 5.01. The molecule has 0 bridgehead atoms. The molecule has 0 aromatic heterocycles. The van der Waals surface area contributed by atoms with Gasteiger partial charge in [-0.2, -0.15) is 0 Å². The Morgan fingerprint density at radius 3 is 1.96 bits per heavy atom. The highest BCUT2D eigenvalue weighted by Gasteiger charge is 2.41. The molecule has 0 atom stereocenters. The molecule has 1 fully saturated rings. The SMILES string of the molecule is CN(C)CCN(C)[C@H]1CC[C@H](N2C(=O)c3ccccc3C2=O)CC1. The third kappa shape index (κ3) is 3.23. The second kappa shape index (κ2) is 7.03. The van der Waals surface area contributed by atoms with Crippen molar-refractivity contribution in [2.45, 2.75) is 37.8 Å². The van der Waals surface area contributed by atoms with Crippen molar-refractivity contribution in [2.75, 3.05) is 34.2 Å². The van der Waals surface area contributed by atoms with Gasteiger partial charge in [0.15, 0.2) is 0 Å². The van der Waals surface area contributed by atoms with Gasteiger partial charge >= 0.3 is 0 Å². The molecule has 1 aliphatic carbocycles. The molecule has 0 N–H and O–H groups in total. The van der Waals surface area contributed by atoms with Crippen molar-refractivity contribution >= 4 is 11.8 Å². The van der Waals surface area contributed by atoms with E-state index in [0.717, 1.165) is 38.8 Å². The summed E-state index contributed by atoms with van der Waals surface area (Å²) in [5.41, 5.74) is 1.13. The van der Waals surface area contributed by atoms with E-state index in [0.29, 0.717) is 17.2 Å². The van der Waals surface area contributed by atoms with E-state index in [1.165, 1.54) is 4.90 Å². The van der Waals surface area contributed by atoms with Crippen molar-refractivity contribution < 1.29 is 9.59 Å². The van der Waals surface area contributed by atoms with Gasteiger partial charge < -0.3 is 9.80 Å². The van der Waals surface area contributed by atoms with Crippen LogP contribution in [0.2, 0.25) is 0 Å². The maximum atomic E-state index is 12.6. The first-order chi connectivity index (χ1) is 11.5. The fraction of sp³-hybridized carbons (Fsp3) is 0.579. The lowest BCUT2D eigenvalue weighted by Crippen LogP contribution is -2.46. The number of imide groups is 1. The lowest BCUT2D eigenvalue weighted by atomic mass is 9.89. The van der Waals surface area contributed by atoms with Crippen LogP contribution in [0.25, 0.3) is 0 Å². The van der Waals surface area contributed by atoms with Crippen molar-refractivity contribution in [1.82, 2.24) is 14.7 Å². The predicted octanol–water partition coefficient (Wildman–Crippen LogP) is 2.09. The Bertz CT molecular complexity index is 586. The normalized spacial score (nSPS) is 24.1. The molecule has 1 saturated carbocycles. The predicted molar refractivity (Wildman–Crippen MR) is 94.2 cm³/mol. The molecular formula is C19H27N3O2. The zero-order chi connectivity index (χ0) is 17.3. The molecule has 0 spiro atoms. The fourth-order valence-corrected chi connectivity index (χ4v) is 3.84. The first kappa shape index (κ1) is 17.1. The maximum absolute atomic E-state index is 12.6. The Balaban J connectivity index is 1.60. The van der Waals surface area contributed by atoms with Crippen molar-refractivity contribution in [3.8, 4) is 0 Å². The molecular weight excluding hydrogens is 302 g/mol. The summed E-state index contributed by atoms with van der Waals surface area (Å²) in [6.45, 7) is 2.10. The number of hydrogen-bond acceptors (Lipinski definition) is 4. The van der Waals surface area contributed by atoms with Gasteiger partial charge in [0.2, 0.25) is 0 Å². The zero-order valence-corrected chi connectivity index (χ0v) is 14.9. The topological polar surface area (TPSA) is 43.9 Å². The zero-order valence-electron chi connectivity index (χ0n) is 14.9. The van der Waals surface area contributed by atoms with Crippen LogP contribution < -0.4 is 0 Å². The average Bonchev–Trinajstić information content (AvgIpc) is 2.84. The van der Waals surface area contributed by atoms with Gasteiger partial charge in [-0.3, -0.25) is 14.5 Å². The summed E-state index contributed by atoms with van der Waals surface area (Å²) < 4.78 is 0. The first-order valence-electron chi connectivity index (χ1n) is 8.81. The molecule has 5 heteroatoms. The molecule has 1 aromatic rings. The molecule has 1 aliphatic heterocycles. The molecule has 0 unspecified atom stereocenters. The fourth-order valence-electron chi connectivity index (χ4n) is 3.84. The van der Waals surface area contributed by atoms with Gasteiger partial charge in [-0.05, 0) is 59.0 Å². The largest absolute Gasteiger partial charge is 0.308 e. The summed E-state index contributed by atoms with van der Waals surface area (Å²) in [4.78, 5) is 31.3. The summed E-state index contributed by atoms with van der Waals surface area (Å²) >= 11 is 0. The average molecular weight is 329 g/mol. The van der Waals surface area contributed by atoms with Gasteiger partial charge in [-0.15, -0.1) is 0 Å². The van der Waals surface area contributed by atoms with Crippen molar-refractivity contribution in [3.05, 3.63) is 35.4 Å². The molecule has 1 aromatic carbocycles. The number of likely N-dealkylation sites (N-methyl/N-ethyl adjacent to an activating group) is 2. The second-order valence-corrected chi connectivity index (χ2v) is 7.27. The van der Waals surface area contributed by atoms with Crippen LogP contribution in [0.3, 0.4) is 0 Å². The third-order valence-corrected chi connectivity index (χ3v) is 5.38. The van der Waals surface area contributed by atoms with E-state index >= 15 is 0 Å². The maximum Gasteiger partial charge on any atom is 0.261 e. The molecule has 3 rings (SSSR count). The summed E-state index contributed by atoms with van der Waals surface area (Å²) in [7, 11) is 6.36. The van der Waals surface area contributed by atoms with Crippen LogP contribution in [0.5, 0.6) is 0 Å². The Labute approximate surface area is 144 Å². The van der Waals surface area contributed by atoms with Crippen LogP contribution in [0, 0.1) is 0 Å². The highest BCUT2D eigenvalue weighted by Crippen LogP contribution is 2.32. The third-order valence-electron chi connectivity index (χ3n) is 5.38. The molecule has 2 amide bonds. The van der Waals surface area contributed by atoms with E-state index < -0.39 is 0 Å². The summed E-state index contributed by atoms with van der Waals surface area (Å²) in [6, 6.07) is 7.77. The smallest absolute Gasteiger partial charge is 0.261 e. The number of nitrogens with zero attached hydrogens (tertiary/aromatic N) is 3. The minimum atomic E-state index is -0.111. The number of rotatable bonds is 5. The monoisotopic (exact) mass is 329 g/mol. The molecule has 2 aliphatic rings. The number of benzene rings is 1. The molecule has 0 saturated heterocycles. The van der Waals surface area contributed by atoms with Crippen LogP contribution in [0.4, 0.5) is 0 Å². The van der Waals surface area contributed by atoms with Crippen LogP contribution in [0.1, 0.15) is 46.4 Å². The number of fused-ring (bicyclic) bond motifs is 1. The van der Waals surface area contributed by atoms with Gasteiger partial charge in [0, 0.05) is 25.2 Å². The summed E-state index contributed by atoms with van der Waals surface area (Å²) in [6.07, 6.45) is 3.90. The van der Waals surface area contributed by atoms with Crippen molar-refractivity contribution in [3.63, 3.8) is 0 Å². The van der Waals surface area contributed by atoms with Crippen LogP contribution in [-0.2, 0) is 0 Å². The molecule has 5 nitrogen and oxygen atoms in total. The second-order valence-electron chi connectivity index (χ2n) is 7.27. The summed E-state index contributed by atoms with van der Waals surface area (Å²) in [5.74, 6) is -0.222.